The molecule has 1 aromatic rings. The molecule has 3 aliphatic carbocycles. The van der Waals surface area contributed by atoms with Crippen LogP contribution in [0, 0.1) is 22.7 Å². The van der Waals surface area contributed by atoms with Crippen molar-refractivity contribution >= 4 is 5.97 Å². The molecule has 0 heterocycles. The Morgan fingerprint density at radius 2 is 1.95 bits per heavy atom. The predicted octanol–water partition coefficient (Wildman–Crippen LogP) is 3.57. The summed E-state index contributed by atoms with van der Waals surface area (Å²) < 4.78 is 11.3. The fourth-order valence-electron chi connectivity index (χ4n) is 4.59. The van der Waals surface area contributed by atoms with Gasteiger partial charge in [0.15, 0.2) is 0 Å². The van der Waals surface area contributed by atoms with Crippen LogP contribution in [0.15, 0.2) is 30.3 Å². The third kappa shape index (κ3) is 1.95. The Morgan fingerprint density at radius 3 is 2.59 bits per heavy atom. The topological polar surface area (TPSA) is 35.5 Å². The zero-order valence-corrected chi connectivity index (χ0v) is 13.6. The Hall–Kier alpha value is -1.35. The van der Waals surface area contributed by atoms with Gasteiger partial charge in [0.2, 0.25) is 0 Å². The summed E-state index contributed by atoms with van der Waals surface area (Å²) in [5.41, 5.74) is 1.65. The molecule has 0 saturated heterocycles. The van der Waals surface area contributed by atoms with Gasteiger partial charge in [-0.15, -0.1) is 0 Å². The van der Waals surface area contributed by atoms with Crippen molar-refractivity contribution in [2.75, 3.05) is 6.61 Å². The molecule has 4 unspecified atom stereocenters. The molecule has 0 N–H and O–H groups in total. The summed E-state index contributed by atoms with van der Waals surface area (Å²) in [6, 6.07) is 10.3. The minimum absolute atomic E-state index is 0.0239. The Labute approximate surface area is 132 Å². The lowest BCUT2D eigenvalue weighted by molar-refractivity contribution is -0.158. The van der Waals surface area contributed by atoms with Crippen LogP contribution in [0.5, 0.6) is 0 Å². The molecular formula is C19H24O3. The maximum absolute atomic E-state index is 12.1. The highest BCUT2D eigenvalue weighted by Gasteiger charge is 3.08. The molecular weight excluding hydrogens is 276 g/mol. The molecule has 0 aliphatic heterocycles. The highest BCUT2D eigenvalue weighted by molar-refractivity contribution is 5.86. The minimum Gasteiger partial charge on any atom is -0.460 e. The molecule has 1 spiro atoms. The molecule has 4 rings (SSSR count). The fraction of sp³-hybridized carbons (Fsp3) is 0.632. The van der Waals surface area contributed by atoms with Gasteiger partial charge in [-0.3, -0.25) is 4.79 Å². The minimum atomic E-state index is -0.362. The smallest absolute Gasteiger partial charge is 0.310 e. The van der Waals surface area contributed by atoms with Gasteiger partial charge in [-0.1, -0.05) is 30.3 Å². The zero-order chi connectivity index (χ0) is 15.6. The van der Waals surface area contributed by atoms with Crippen LogP contribution in [-0.4, -0.2) is 18.2 Å². The van der Waals surface area contributed by atoms with Crippen LogP contribution in [0.25, 0.3) is 0 Å². The van der Waals surface area contributed by atoms with E-state index in [-0.39, 0.29) is 17.5 Å². The van der Waals surface area contributed by atoms with Gasteiger partial charge in [-0.05, 0) is 55.9 Å². The monoisotopic (exact) mass is 300 g/mol. The average Bonchev–Trinajstić information content (AvgIpc) is 3.34. The van der Waals surface area contributed by atoms with Crippen molar-refractivity contribution in [2.45, 2.75) is 45.8 Å². The number of ether oxygens (including phenoxy) is 2. The molecule has 3 saturated carbocycles. The summed E-state index contributed by atoms with van der Waals surface area (Å²) in [7, 11) is 0. The number of carbonyl (C=O) groups is 1. The van der Waals surface area contributed by atoms with Gasteiger partial charge >= 0.3 is 5.97 Å². The molecule has 0 aromatic heterocycles. The van der Waals surface area contributed by atoms with Gasteiger partial charge < -0.3 is 9.47 Å². The Balaban J connectivity index is 1.19. The summed E-state index contributed by atoms with van der Waals surface area (Å²) in [5.74, 6) is 0.826. The van der Waals surface area contributed by atoms with E-state index in [0.717, 1.165) is 13.0 Å². The molecule has 0 amide bonds. The third-order valence-corrected chi connectivity index (χ3v) is 5.72. The van der Waals surface area contributed by atoms with Crippen LogP contribution >= 0.6 is 0 Å². The van der Waals surface area contributed by atoms with Crippen LogP contribution in [0.1, 0.15) is 39.2 Å². The second kappa shape index (κ2) is 4.35. The third-order valence-electron chi connectivity index (χ3n) is 5.72. The summed E-state index contributed by atoms with van der Waals surface area (Å²) in [6.07, 6.45) is 2.31. The number of rotatable bonds is 6. The maximum atomic E-state index is 12.1. The standard InChI is InChI=1S/C19H24O3/c1-17(2,3)22-16(20)14-15-18(12-19(14,15)18)9-10-21-11-13-7-5-4-6-8-13/h4-8,14-15H,9-12H2,1-3H3. The lowest BCUT2D eigenvalue weighted by Crippen LogP contribution is -2.27. The van der Waals surface area contributed by atoms with Gasteiger partial charge in [0, 0.05) is 6.61 Å². The van der Waals surface area contributed by atoms with Crippen LogP contribution in [-0.2, 0) is 20.9 Å². The van der Waals surface area contributed by atoms with E-state index >= 15 is 0 Å². The van der Waals surface area contributed by atoms with Crippen LogP contribution < -0.4 is 0 Å². The SMILES string of the molecule is CC(C)(C)OC(=O)C1C2C3(CCOCc4ccccc4)CC123. The van der Waals surface area contributed by atoms with Gasteiger partial charge in [0.1, 0.15) is 5.60 Å². The van der Waals surface area contributed by atoms with Crippen LogP contribution in [0.4, 0.5) is 0 Å². The molecule has 22 heavy (non-hydrogen) atoms. The molecule has 3 aliphatic rings. The van der Waals surface area contributed by atoms with E-state index in [1.54, 1.807) is 0 Å². The van der Waals surface area contributed by atoms with Gasteiger partial charge in [0.05, 0.1) is 12.5 Å². The summed E-state index contributed by atoms with van der Waals surface area (Å²) in [5, 5.41) is 0. The Morgan fingerprint density at radius 1 is 1.27 bits per heavy atom. The zero-order valence-electron chi connectivity index (χ0n) is 13.6. The number of hydrogen-bond donors (Lipinski definition) is 0. The molecule has 1 aromatic carbocycles. The summed E-state index contributed by atoms with van der Waals surface area (Å²) >= 11 is 0. The van der Waals surface area contributed by atoms with Crippen LogP contribution in [0.2, 0.25) is 0 Å². The maximum Gasteiger partial charge on any atom is 0.310 e. The largest absolute Gasteiger partial charge is 0.460 e. The van der Waals surface area contributed by atoms with Gasteiger partial charge in [-0.2, -0.15) is 0 Å². The number of fused-ring (bicyclic) bond motifs is 1. The molecule has 0 bridgehead atoms. The number of benzene rings is 1. The van der Waals surface area contributed by atoms with Crippen molar-refractivity contribution in [1.29, 1.82) is 0 Å². The first-order chi connectivity index (χ1) is 10.4. The lowest BCUT2D eigenvalue weighted by Gasteiger charge is -2.21. The van der Waals surface area contributed by atoms with Crippen molar-refractivity contribution in [3.8, 4) is 0 Å². The number of esters is 1. The first kappa shape index (κ1) is 14.3. The molecule has 3 nitrogen and oxygen atoms in total. The van der Waals surface area contributed by atoms with E-state index in [1.165, 1.54) is 12.0 Å². The van der Waals surface area contributed by atoms with E-state index in [4.69, 9.17) is 9.47 Å². The van der Waals surface area contributed by atoms with Crippen molar-refractivity contribution in [1.82, 2.24) is 0 Å². The molecule has 3 heteroatoms. The highest BCUT2D eigenvalue weighted by Crippen LogP contribution is 3.09. The van der Waals surface area contributed by atoms with E-state index in [2.05, 4.69) is 12.1 Å². The fourth-order valence-corrected chi connectivity index (χ4v) is 4.59. The number of hydrogen-bond acceptors (Lipinski definition) is 3. The van der Waals surface area contributed by atoms with Crippen molar-refractivity contribution in [3.05, 3.63) is 35.9 Å². The van der Waals surface area contributed by atoms with Crippen molar-refractivity contribution in [2.24, 2.45) is 22.7 Å². The van der Waals surface area contributed by atoms with Crippen molar-refractivity contribution < 1.29 is 14.3 Å². The van der Waals surface area contributed by atoms with E-state index < -0.39 is 0 Å². The Bertz CT molecular complexity index is 603. The molecule has 0 radical (unpaired) electrons. The first-order valence-corrected chi connectivity index (χ1v) is 8.25. The van der Waals surface area contributed by atoms with Gasteiger partial charge in [-0.25, -0.2) is 0 Å². The van der Waals surface area contributed by atoms with Crippen LogP contribution in [0.3, 0.4) is 0 Å². The molecule has 118 valence electrons. The average molecular weight is 300 g/mol. The molecule has 4 atom stereocenters. The second-order valence-corrected chi connectivity index (χ2v) is 8.15. The second-order valence-electron chi connectivity index (χ2n) is 8.15. The summed E-state index contributed by atoms with van der Waals surface area (Å²) in [6.45, 7) is 7.30. The van der Waals surface area contributed by atoms with E-state index in [1.807, 2.05) is 39.0 Å². The summed E-state index contributed by atoms with van der Waals surface area (Å²) in [4.78, 5) is 12.1. The predicted molar refractivity (Wildman–Crippen MR) is 83.0 cm³/mol. The Kier molecular flexibility index (Phi) is 2.82. The lowest BCUT2D eigenvalue weighted by atomic mass is 9.99. The van der Waals surface area contributed by atoms with Gasteiger partial charge in [0.25, 0.3) is 0 Å². The number of carbonyl (C=O) groups excluding carboxylic acids is 1. The normalized spacial score (nSPS) is 37.0. The first-order valence-electron chi connectivity index (χ1n) is 8.25. The van der Waals surface area contributed by atoms with E-state index in [9.17, 15) is 4.79 Å². The van der Waals surface area contributed by atoms with Crippen molar-refractivity contribution in [3.63, 3.8) is 0 Å². The van der Waals surface area contributed by atoms with E-state index in [0.29, 0.717) is 23.4 Å². The quantitative estimate of drug-likeness (QED) is 0.595. The highest BCUT2D eigenvalue weighted by atomic mass is 16.6. The molecule has 3 fully saturated rings.